The SMILES string of the molecule is COc1ccc(-c2ccc(C(=O)NC(C)CCCN3C=NC=CC3)cc2OC)cc1OC. The Labute approximate surface area is 189 Å². The van der Waals surface area contributed by atoms with Gasteiger partial charge in [-0.25, -0.2) is 4.99 Å². The van der Waals surface area contributed by atoms with Crippen LogP contribution >= 0.6 is 0 Å². The van der Waals surface area contributed by atoms with Crippen LogP contribution in [-0.4, -0.2) is 57.6 Å². The van der Waals surface area contributed by atoms with Gasteiger partial charge in [0.05, 0.1) is 27.7 Å². The highest BCUT2D eigenvalue weighted by atomic mass is 16.5. The molecule has 0 saturated heterocycles. The fraction of sp³-hybridized carbons (Fsp3) is 0.360. The molecule has 170 valence electrons. The summed E-state index contributed by atoms with van der Waals surface area (Å²) in [5.41, 5.74) is 2.34. The van der Waals surface area contributed by atoms with Crippen molar-refractivity contribution in [3.05, 3.63) is 54.2 Å². The number of carbonyl (C=O) groups excluding carboxylic acids is 1. The summed E-state index contributed by atoms with van der Waals surface area (Å²) in [4.78, 5) is 19.1. The molecule has 2 aromatic rings. The zero-order valence-corrected chi connectivity index (χ0v) is 19.1. The van der Waals surface area contributed by atoms with E-state index in [0.29, 0.717) is 22.8 Å². The predicted molar refractivity (Wildman–Crippen MR) is 127 cm³/mol. The highest BCUT2D eigenvalue weighted by Crippen LogP contribution is 2.36. The maximum atomic E-state index is 12.8. The Morgan fingerprint density at radius 2 is 1.84 bits per heavy atom. The van der Waals surface area contributed by atoms with Gasteiger partial charge in [0.25, 0.3) is 5.91 Å². The minimum absolute atomic E-state index is 0.0660. The molecule has 0 aromatic heterocycles. The van der Waals surface area contributed by atoms with Gasteiger partial charge in [0.2, 0.25) is 0 Å². The van der Waals surface area contributed by atoms with Crippen molar-refractivity contribution in [1.29, 1.82) is 0 Å². The Hall–Kier alpha value is -3.48. The lowest BCUT2D eigenvalue weighted by Crippen LogP contribution is -2.33. The van der Waals surface area contributed by atoms with E-state index in [2.05, 4.69) is 15.2 Å². The van der Waals surface area contributed by atoms with Gasteiger partial charge in [0.15, 0.2) is 11.5 Å². The molecule has 0 aliphatic carbocycles. The van der Waals surface area contributed by atoms with Gasteiger partial charge < -0.3 is 24.4 Å². The van der Waals surface area contributed by atoms with E-state index >= 15 is 0 Å². The van der Waals surface area contributed by atoms with Gasteiger partial charge in [0, 0.05) is 36.5 Å². The van der Waals surface area contributed by atoms with Crippen molar-refractivity contribution in [1.82, 2.24) is 10.2 Å². The lowest BCUT2D eigenvalue weighted by molar-refractivity contribution is 0.0937. The molecule has 1 aliphatic heterocycles. The van der Waals surface area contributed by atoms with Crippen molar-refractivity contribution in [2.24, 2.45) is 4.99 Å². The van der Waals surface area contributed by atoms with Gasteiger partial charge in [-0.2, -0.15) is 0 Å². The van der Waals surface area contributed by atoms with Crippen LogP contribution < -0.4 is 19.5 Å². The van der Waals surface area contributed by atoms with Gasteiger partial charge in [-0.3, -0.25) is 4.79 Å². The molecule has 0 saturated carbocycles. The molecular weight excluding hydrogens is 406 g/mol. The molecule has 1 unspecified atom stereocenters. The second-order valence-electron chi connectivity index (χ2n) is 7.65. The topological polar surface area (TPSA) is 72.4 Å². The Bertz CT molecular complexity index is 987. The number of benzene rings is 2. The maximum absolute atomic E-state index is 12.8. The average molecular weight is 438 g/mol. The predicted octanol–water partition coefficient (Wildman–Crippen LogP) is 4.14. The molecule has 1 N–H and O–H groups in total. The zero-order valence-electron chi connectivity index (χ0n) is 19.1. The molecule has 0 bridgehead atoms. The van der Waals surface area contributed by atoms with E-state index in [0.717, 1.165) is 37.1 Å². The summed E-state index contributed by atoms with van der Waals surface area (Å²) in [6, 6.07) is 11.2. The summed E-state index contributed by atoms with van der Waals surface area (Å²) in [6.45, 7) is 3.83. The summed E-state index contributed by atoms with van der Waals surface area (Å²) < 4.78 is 16.3. The number of hydrogen-bond acceptors (Lipinski definition) is 6. The normalized spacial score (nSPS) is 13.6. The van der Waals surface area contributed by atoms with Crippen LogP contribution in [0.25, 0.3) is 11.1 Å². The molecule has 1 amide bonds. The van der Waals surface area contributed by atoms with E-state index in [4.69, 9.17) is 14.2 Å². The highest BCUT2D eigenvalue weighted by Gasteiger charge is 2.15. The minimum atomic E-state index is -0.114. The van der Waals surface area contributed by atoms with Gasteiger partial charge >= 0.3 is 0 Å². The quantitative estimate of drug-likeness (QED) is 0.605. The van der Waals surface area contributed by atoms with Crippen molar-refractivity contribution in [2.75, 3.05) is 34.4 Å². The Kier molecular flexibility index (Phi) is 8.14. The maximum Gasteiger partial charge on any atom is 0.251 e. The fourth-order valence-corrected chi connectivity index (χ4v) is 3.63. The lowest BCUT2D eigenvalue weighted by Gasteiger charge is -2.21. The van der Waals surface area contributed by atoms with E-state index in [-0.39, 0.29) is 11.9 Å². The molecule has 32 heavy (non-hydrogen) atoms. The van der Waals surface area contributed by atoms with Crippen LogP contribution in [0.15, 0.2) is 53.7 Å². The van der Waals surface area contributed by atoms with Crippen LogP contribution in [-0.2, 0) is 0 Å². The van der Waals surface area contributed by atoms with E-state index < -0.39 is 0 Å². The second-order valence-corrected chi connectivity index (χ2v) is 7.65. The van der Waals surface area contributed by atoms with E-state index in [1.54, 1.807) is 27.4 Å². The molecule has 0 spiro atoms. The Balaban J connectivity index is 1.63. The monoisotopic (exact) mass is 437 g/mol. The van der Waals surface area contributed by atoms with Crippen molar-refractivity contribution in [3.63, 3.8) is 0 Å². The Morgan fingerprint density at radius 3 is 2.53 bits per heavy atom. The largest absolute Gasteiger partial charge is 0.496 e. The second kappa shape index (κ2) is 11.2. The molecule has 1 aliphatic rings. The number of rotatable bonds is 10. The van der Waals surface area contributed by atoms with Gasteiger partial charge in [-0.1, -0.05) is 6.07 Å². The van der Waals surface area contributed by atoms with E-state index in [9.17, 15) is 4.79 Å². The Morgan fingerprint density at radius 1 is 1.06 bits per heavy atom. The number of amides is 1. The van der Waals surface area contributed by atoms with Crippen LogP contribution in [0.5, 0.6) is 17.2 Å². The van der Waals surface area contributed by atoms with Crippen LogP contribution in [0.1, 0.15) is 30.1 Å². The van der Waals surface area contributed by atoms with Crippen LogP contribution in [0.3, 0.4) is 0 Å². The number of aliphatic imine (C=N–C) groups is 1. The van der Waals surface area contributed by atoms with Crippen molar-refractivity contribution < 1.29 is 19.0 Å². The zero-order chi connectivity index (χ0) is 22.9. The fourth-order valence-electron chi connectivity index (χ4n) is 3.63. The summed E-state index contributed by atoms with van der Waals surface area (Å²) in [5, 5.41) is 3.08. The highest BCUT2D eigenvalue weighted by molar-refractivity contribution is 5.95. The number of methoxy groups -OCH3 is 3. The van der Waals surface area contributed by atoms with E-state index in [1.807, 2.05) is 55.9 Å². The molecule has 1 atom stereocenters. The first kappa shape index (κ1) is 23.2. The number of carbonyl (C=O) groups is 1. The van der Waals surface area contributed by atoms with Crippen LogP contribution in [0.4, 0.5) is 0 Å². The molecule has 2 aromatic carbocycles. The summed E-state index contributed by atoms with van der Waals surface area (Å²) in [5.74, 6) is 1.80. The smallest absolute Gasteiger partial charge is 0.251 e. The number of ether oxygens (including phenoxy) is 3. The number of hydrogen-bond donors (Lipinski definition) is 1. The summed E-state index contributed by atoms with van der Waals surface area (Å²) >= 11 is 0. The summed E-state index contributed by atoms with van der Waals surface area (Å²) in [6.07, 6.45) is 7.56. The first-order valence-corrected chi connectivity index (χ1v) is 10.7. The van der Waals surface area contributed by atoms with E-state index in [1.165, 1.54) is 0 Å². The van der Waals surface area contributed by atoms with Crippen molar-refractivity contribution in [3.8, 4) is 28.4 Å². The third-order valence-electron chi connectivity index (χ3n) is 5.38. The lowest BCUT2D eigenvalue weighted by atomic mass is 10.0. The average Bonchev–Trinajstić information content (AvgIpc) is 2.83. The molecule has 1 heterocycles. The number of nitrogens with zero attached hydrogens (tertiary/aromatic N) is 2. The first-order chi connectivity index (χ1) is 15.5. The van der Waals surface area contributed by atoms with Crippen molar-refractivity contribution in [2.45, 2.75) is 25.8 Å². The van der Waals surface area contributed by atoms with Gasteiger partial charge in [-0.15, -0.1) is 0 Å². The molecule has 7 heteroatoms. The van der Waals surface area contributed by atoms with Crippen LogP contribution in [0, 0.1) is 0 Å². The third-order valence-corrected chi connectivity index (χ3v) is 5.38. The van der Waals surface area contributed by atoms with Crippen molar-refractivity contribution >= 4 is 12.2 Å². The van der Waals surface area contributed by atoms with Gasteiger partial charge in [-0.05, 0) is 61.7 Å². The van der Waals surface area contributed by atoms with Crippen LogP contribution in [0.2, 0.25) is 0 Å². The number of nitrogens with one attached hydrogen (secondary N) is 1. The molecule has 7 nitrogen and oxygen atoms in total. The van der Waals surface area contributed by atoms with Gasteiger partial charge in [0.1, 0.15) is 5.75 Å². The summed E-state index contributed by atoms with van der Waals surface area (Å²) in [7, 11) is 4.80. The third kappa shape index (κ3) is 5.81. The molecule has 3 rings (SSSR count). The first-order valence-electron chi connectivity index (χ1n) is 10.7. The molecular formula is C25H31N3O4. The standard InChI is InChI=1S/C25H31N3O4/c1-18(7-5-13-28-14-6-12-26-17-28)27-25(29)20-8-10-21(23(16-20)31-3)19-9-11-22(30-2)24(15-19)32-4/h6,8-12,15-18H,5,7,13-14H2,1-4H3,(H,27,29). The minimum Gasteiger partial charge on any atom is -0.496 e. The molecule has 0 fully saturated rings. The molecule has 0 radical (unpaired) electrons.